The first-order valence-corrected chi connectivity index (χ1v) is 13.9. The predicted octanol–water partition coefficient (Wildman–Crippen LogP) is 2.92. The van der Waals surface area contributed by atoms with Gasteiger partial charge in [-0.25, -0.2) is 14.3 Å². The van der Waals surface area contributed by atoms with Gasteiger partial charge >= 0.3 is 11.9 Å². The molecular formula is C28H36N4O8S. The van der Waals surface area contributed by atoms with Crippen molar-refractivity contribution in [1.29, 1.82) is 0 Å². The van der Waals surface area contributed by atoms with Crippen LogP contribution < -0.4 is 20.9 Å². The van der Waals surface area contributed by atoms with Crippen LogP contribution in [0.2, 0.25) is 0 Å². The molecule has 0 aliphatic carbocycles. The Kier molecular flexibility index (Phi) is 13.6. The van der Waals surface area contributed by atoms with Gasteiger partial charge in [0.1, 0.15) is 23.5 Å². The maximum Gasteiger partial charge on any atom is 0.339 e. The quantitative estimate of drug-likeness (QED) is 0.111. The Bertz CT molecular complexity index is 1310. The van der Waals surface area contributed by atoms with E-state index >= 15 is 0 Å². The SMILES string of the molecule is CCOC(=O)C=CCCC(NSc1ccc(O)c(C(=O)O)c1)C(=O)Nc1cccn(CC(=O)NCCC(C)C)c1=O. The molecule has 2 rings (SSSR count). The Morgan fingerprint density at radius 3 is 2.59 bits per heavy atom. The van der Waals surface area contributed by atoms with Crippen LogP contribution in [0.1, 0.15) is 50.4 Å². The van der Waals surface area contributed by atoms with Gasteiger partial charge in [-0.15, -0.1) is 0 Å². The number of aromatic nitrogens is 1. The first-order chi connectivity index (χ1) is 19.5. The normalized spacial score (nSPS) is 11.8. The van der Waals surface area contributed by atoms with Crippen LogP contribution in [0.3, 0.4) is 0 Å². The highest BCUT2D eigenvalue weighted by atomic mass is 32.2. The molecule has 5 N–H and O–H groups in total. The number of ether oxygens (including phenoxy) is 1. The molecule has 0 saturated heterocycles. The molecule has 1 atom stereocenters. The van der Waals surface area contributed by atoms with E-state index in [1.807, 2.05) is 13.8 Å². The molecule has 1 unspecified atom stereocenters. The summed E-state index contributed by atoms with van der Waals surface area (Å²) >= 11 is 0.968. The average molecular weight is 589 g/mol. The smallest absolute Gasteiger partial charge is 0.339 e. The molecule has 41 heavy (non-hydrogen) atoms. The zero-order valence-electron chi connectivity index (χ0n) is 23.2. The summed E-state index contributed by atoms with van der Waals surface area (Å²) in [7, 11) is 0. The van der Waals surface area contributed by atoms with Crippen molar-refractivity contribution < 1.29 is 34.1 Å². The fourth-order valence-electron chi connectivity index (χ4n) is 3.45. The van der Waals surface area contributed by atoms with E-state index in [2.05, 4.69) is 15.4 Å². The maximum atomic E-state index is 13.2. The van der Waals surface area contributed by atoms with Crippen molar-refractivity contribution in [2.24, 2.45) is 5.92 Å². The van der Waals surface area contributed by atoms with E-state index in [1.165, 1.54) is 41.1 Å². The summed E-state index contributed by atoms with van der Waals surface area (Å²) in [5.74, 6) is -2.68. The molecular weight excluding hydrogens is 552 g/mol. The van der Waals surface area contributed by atoms with Gasteiger partial charge in [0.2, 0.25) is 11.8 Å². The lowest BCUT2D eigenvalue weighted by Crippen LogP contribution is -2.39. The van der Waals surface area contributed by atoms with Crippen LogP contribution in [0, 0.1) is 5.92 Å². The number of nitrogens with zero attached hydrogens (tertiary/aromatic N) is 1. The monoisotopic (exact) mass is 588 g/mol. The lowest BCUT2D eigenvalue weighted by atomic mass is 10.1. The Morgan fingerprint density at radius 1 is 1.15 bits per heavy atom. The number of rotatable bonds is 16. The zero-order valence-corrected chi connectivity index (χ0v) is 24.0. The van der Waals surface area contributed by atoms with Crippen molar-refractivity contribution in [3.63, 3.8) is 0 Å². The molecule has 222 valence electrons. The summed E-state index contributed by atoms with van der Waals surface area (Å²) in [5, 5.41) is 24.4. The van der Waals surface area contributed by atoms with Crippen LogP contribution in [-0.2, 0) is 25.7 Å². The van der Waals surface area contributed by atoms with Crippen molar-refractivity contribution in [3.05, 3.63) is 64.6 Å². The minimum atomic E-state index is -1.31. The van der Waals surface area contributed by atoms with Crippen molar-refractivity contribution >= 4 is 41.4 Å². The second-order valence-electron chi connectivity index (χ2n) is 9.37. The molecule has 0 saturated carbocycles. The van der Waals surface area contributed by atoms with Gasteiger partial charge in [-0.1, -0.05) is 19.9 Å². The Labute approximate surface area is 242 Å². The molecule has 0 aliphatic rings. The number of benzene rings is 1. The number of anilines is 1. The molecule has 1 heterocycles. The average Bonchev–Trinajstić information content (AvgIpc) is 2.91. The second kappa shape index (κ2) is 16.9. The van der Waals surface area contributed by atoms with Gasteiger partial charge in [0, 0.05) is 23.7 Å². The third-order valence-electron chi connectivity index (χ3n) is 5.63. The summed E-state index contributed by atoms with van der Waals surface area (Å²) in [6, 6.07) is 6.06. The Morgan fingerprint density at radius 2 is 1.90 bits per heavy atom. The molecule has 12 nitrogen and oxygen atoms in total. The molecule has 1 aromatic carbocycles. The molecule has 2 amide bonds. The van der Waals surface area contributed by atoms with E-state index in [0.717, 1.165) is 18.4 Å². The van der Waals surface area contributed by atoms with Crippen LogP contribution in [0.15, 0.2) is 58.4 Å². The number of hydrogen-bond donors (Lipinski definition) is 5. The van der Waals surface area contributed by atoms with Crippen LogP contribution in [0.25, 0.3) is 0 Å². The number of aromatic carboxylic acids is 1. The Balaban J connectivity index is 2.15. The van der Waals surface area contributed by atoms with Gasteiger partial charge in [0.15, 0.2) is 0 Å². The van der Waals surface area contributed by atoms with Crippen molar-refractivity contribution in [3.8, 4) is 5.75 Å². The van der Waals surface area contributed by atoms with Crippen LogP contribution in [0.4, 0.5) is 5.69 Å². The number of carbonyl (C=O) groups excluding carboxylic acids is 3. The second-order valence-corrected chi connectivity index (χ2v) is 10.3. The third kappa shape index (κ3) is 11.5. The first-order valence-electron chi connectivity index (χ1n) is 13.1. The van der Waals surface area contributed by atoms with Crippen LogP contribution in [-0.4, -0.2) is 57.7 Å². The van der Waals surface area contributed by atoms with Crippen molar-refractivity contribution in [1.82, 2.24) is 14.6 Å². The van der Waals surface area contributed by atoms with E-state index in [4.69, 9.17) is 4.74 Å². The topological polar surface area (TPSA) is 176 Å². The molecule has 0 fully saturated rings. The van der Waals surface area contributed by atoms with Crippen molar-refractivity contribution in [2.45, 2.75) is 57.5 Å². The minimum absolute atomic E-state index is 0.0239. The molecule has 2 aromatic rings. The number of carboxylic acids is 1. The molecule has 1 aromatic heterocycles. The van der Waals surface area contributed by atoms with Gasteiger partial charge in [-0.3, -0.25) is 14.4 Å². The fourth-order valence-corrected chi connectivity index (χ4v) is 4.27. The highest BCUT2D eigenvalue weighted by Crippen LogP contribution is 2.24. The lowest BCUT2D eigenvalue weighted by Gasteiger charge is -2.18. The van der Waals surface area contributed by atoms with Gasteiger partial charge in [-0.05, 0) is 74.4 Å². The van der Waals surface area contributed by atoms with Gasteiger partial charge in [-0.2, -0.15) is 0 Å². The number of hydrogen-bond acceptors (Lipinski definition) is 9. The van der Waals surface area contributed by atoms with Gasteiger partial charge in [0.05, 0.1) is 12.6 Å². The molecule has 13 heteroatoms. The van der Waals surface area contributed by atoms with Crippen LogP contribution in [0.5, 0.6) is 5.75 Å². The van der Waals surface area contributed by atoms with E-state index < -0.39 is 35.2 Å². The number of carboxylic acid groups (broad SMARTS) is 1. The van der Waals surface area contributed by atoms with E-state index in [1.54, 1.807) is 19.1 Å². The van der Waals surface area contributed by atoms with Gasteiger partial charge < -0.3 is 30.2 Å². The highest BCUT2D eigenvalue weighted by molar-refractivity contribution is 7.97. The number of esters is 1. The van der Waals surface area contributed by atoms with E-state index in [-0.39, 0.29) is 36.7 Å². The third-order valence-corrected chi connectivity index (χ3v) is 6.52. The number of phenols is 1. The zero-order chi connectivity index (χ0) is 30.4. The molecule has 0 aliphatic heterocycles. The van der Waals surface area contributed by atoms with E-state index in [9.17, 15) is 34.2 Å². The molecule has 0 spiro atoms. The van der Waals surface area contributed by atoms with Gasteiger partial charge in [0.25, 0.3) is 5.56 Å². The minimum Gasteiger partial charge on any atom is -0.507 e. The predicted molar refractivity (Wildman–Crippen MR) is 155 cm³/mol. The number of allylic oxidation sites excluding steroid dienone is 1. The van der Waals surface area contributed by atoms with Crippen LogP contribution >= 0.6 is 11.9 Å². The molecule has 0 radical (unpaired) electrons. The largest absolute Gasteiger partial charge is 0.507 e. The molecule has 0 bridgehead atoms. The summed E-state index contributed by atoms with van der Waals surface area (Å²) in [6.45, 7) is 6.28. The summed E-state index contributed by atoms with van der Waals surface area (Å²) < 4.78 is 9.00. The van der Waals surface area contributed by atoms with E-state index in [0.29, 0.717) is 23.8 Å². The standard InChI is InChI=1S/C28H36N4O8S/c1-4-40-25(35)10-6-5-8-21(31-41-19-11-12-23(33)20(16-19)28(38)39)26(36)30-22-9-7-15-32(27(22)37)17-24(34)29-14-13-18(2)3/h6-7,9-12,15-16,18,21,31,33H,4-5,8,13-14,17H2,1-3H3,(H,29,34)(H,30,36)(H,38,39). The summed E-state index contributed by atoms with van der Waals surface area (Å²) in [5.41, 5.74) is -0.879. The number of pyridine rings is 1. The Hall–Kier alpha value is -4.10. The number of carbonyl (C=O) groups is 4. The summed E-state index contributed by atoms with van der Waals surface area (Å²) in [6.07, 6.45) is 5.58. The number of nitrogens with one attached hydrogen (secondary N) is 3. The number of aromatic hydroxyl groups is 1. The lowest BCUT2D eigenvalue weighted by molar-refractivity contribution is -0.137. The van der Waals surface area contributed by atoms with Crippen molar-refractivity contribution in [2.75, 3.05) is 18.5 Å². The highest BCUT2D eigenvalue weighted by Gasteiger charge is 2.20. The summed E-state index contributed by atoms with van der Waals surface area (Å²) in [4.78, 5) is 61.8. The fraction of sp³-hybridized carbons (Fsp3) is 0.393. The maximum absolute atomic E-state index is 13.2. The first kappa shape index (κ1) is 33.1. The number of amides is 2.